The van der Waals surface area contributed by atoms with Gasteiger partial charge in [0.25, 0.3) is 17.4 Å². The third-order valence-electron chi connectivity index (χ3n) is 5.76. The lowest BCUT2D eigenvalue weighted by molar-refractivity contribution is 0.0664. The van der Waals surface area contributed by atoms with Crippen LogP contribution in [0.3, 0.4) is 0 Å². The lowest BCUT2D eigenvalue weighted by Crippen LogP contribution is -2.32. The van der Waals surface area contributed by atoms with Gasteiger partial charge in [-0.2, -0.15) is 0 Å². The minimum atomic E-state index is -0.283. The van der Waals surface area contributed by atoms with Gasteiger partial charge in [0.2, 0.25) is 0 Å². The second-order valence-electron chi connectivity index (χ2n) is 7.95. The maximum atomic E-state index is 13.5. The largest absolute Gasteiger partial charge is 0.283 e. The zero-order valence-corrected chi connectivity index (χ0v) is 20.1. The molecule has 1 aliphatic heterocycles. The number of thioether (sulfide) groups is 1. The lowest BCUT2D eigenvalue weighted by Gasteiger charge is -2.15. The third kappa shape index (κ3) is 3.78. The predicted octanol–water partition coefficient (Wildman–Crippen LogP) is 5.01. The average molecular weight is 488 g/mol. The van der Waals surface area contributed by atoms with E-state index in [1.807, 2.05) is 36.6 Å². The van der Waals surface area contributed by atoms with Crippen LogP contribution >= 0.6 is 23.1 Å². The van der Waals surface area contributed by atoms with Crippen LogP contribution in [-0.2, 0) is 6.54 Å². The number of fused-ring (bicyclic) bond motifs is 2. The third-order valence-corrected chi connectivity index (χ3v) is 7.59. The summed E-state index contributed by atoms with van der Waals surface area (Å²) in [6.07, 6.45) is 1.67. The van der Waals surface area contributed by atoms with Gasteiger partial charge in [-0.1, -0.05) is 59.8 Å². The molecule has 1 aliphatic rings. The standard InChI is InChI=1S/C26H21N3O3S2/c1-3-12-29-25(32)21-20(17-10-8-16(2)9-11-17)15-34-22(21)27-26(29)33-14-13-28-23(30)18-6-4-5-7-19(18)24(28)31/h3-11,15H,1,12-14H2,2H3. The molecular formula is C26H21N3O3S2. The molecule has 0 bridgehead atoms. The Morgan fingerprint density at radius 1 is 1.00 bits per heavy atom. The highest BCUT2D eigenvalue weighted by molar-refractivity contribution is 7.99. The first-order valence-corrected chi connectivity index (χ1v) is 12.6. The van der Waals surface area contributed by atoms with Crippen LogP contribution < -0.4 is 5.56 Å². The molecule has 170 valence electrons. The molecule has 8 heteroatoms. The van der Waals surface area contributed by atoms with E-state index in [4.69, 9.17) is 4.98 Å². The summed E-state index contributed by atoms with van der Waals surface area (Å²) in [5.74, 6) is -0.139. The van der Waals surface area contributed by atoms with Crippen LogP contribution in [0.5, 0.6) is 0 Å². The van der Waals surface area contributed by atoms with Crippen molar-refractivity contribution in [1.29, 1.82) is 0 Å². The SMILES string of the molecule is C=CCn1c(SCCN2C(=O)c3ccccc3C2=O)nc2scc(-c3ccc(C)cc3)c2c1=O. The van der Waals surface area contributed by atoms with Crippen molar-refractivity contribution in [3.05, 3.63) is 93.6 Å². The van der Waals surface area contributed by atoms with Gasteiger partial charge in [0.1, 0.15) is 4.83 Å². The fourth-order valence-electron chi connectivity index (χ4n) is 4.02. The molecule has 0 aliphatic carbocycles. The molecule has 0 unspecified atom stereocenters. The van der Waals surface area contributed by atoms with Crippen LogP contribution in [0.4, 0.5) is 0 Å². The monoisotopic (exact) mass is 487 g/mol. The van der Waals surface area contributed by atoms with Gasteiger partial charge >= 0.3 is 0 Å². The minimum absolute atomic E-state index is 0.120. The first kappa shape index (κ1) is 22.3. The number of rotatable bonds is 7. The predicted molar refractivity (Wildman–Crippen MR) is 137 cm³/mol. The van der Waals surface area contributed by atoms with Crippen LogP contribution in [0, 0.1) is 6.92 Å². The average Bonchev–Trinajstić information content (AvgIpc) is 3.37. The quantitative estimate of drug-likeness (QED) is 0.159. The Morgan fingerprint density at radius 2 is 1.68 bits per heavy atom. The van der Waals surface area contributed by atoms with Crippen molar-refractivity contribution < 1.29 is 9.59 Å². The summed E-state index contributed by atoms with van der Waals surface area (Å²) in [6.45, 7) is 6.37. The first-order chi connectivity index (χ1) is 16.5. The number of aromatic nitrogens is 2. The Bertz CT molecular complexity index is 1470. The maximum Gasteiger partial charge on any atom is 0.263 e. The number of benzene rings is 2. The van der Waals surface area contributed by atoms with E-state index in [9.17, 15) is 14.4 Å². The zero-order chi connectivity index (χ0) is 23.8. The van der Waals surface area contributed by atoms with Crippen molar-refractivity contribution in [2.24, 2.45) is 0 Å². The van der Waals surface area contributed by atoms with E-state index in [1.54, 1.807) is 34.9 Å². The van der Waals surface area contributed by atoms with E-state index in [0.717, 1.165) is 16.7 Å². The molecular weight excluding hydrogens is 466 g/mol. The molecule has 6 nitrogen and oxygen atoms in total. The Kier molecular flexibility index (Phi) is 5.93. The van der Waals surface area contributed by atoms with Gasteiger partial charge in [0.05, 0.1) is 16.5 Å². The molecule has 0 saturated heterocycles. The van der Waals surface area contributed by atoms with Crippen LogP contribution in [0.2, 0.25) is 0 Å². The number of hydrogen-bond donors (Lipinski definition) is 0. The molecule has 2 aromatic heterocycles. The molecule has 0 fully saturated rings. The van der Waals surface area contributed by atoms with Crippen molar-refractivity contribution >= 4 is 45.1 Å². The molecule has 0 radical (unpaired) electrons. The highest BCUT2D eigenvalue weighted by Crippen LogP contribution is 2.32. The number of amides is 2. The van der Waals surface area contributed by atoms with Crippen molar-refractivity contribution in [3.8, 4) is 11.1 Å². The van der Waals surface area contributed by atoms with E-state index in [2.05, 4.69) is 6.58 Å². The number of nitrogens with zero attached hydrogens (tertiary/aromatic N) is 3. The van der Waals surface area contributed by atoms with E-state index in [-0.39, 0.29) is 23.9 Å². The first-order valence-electron chi connectivity index (χ1n) is 10.8. The lowest BCUT2D eigenvalue weighted by atomic mass is 10.1. The zero-order valence-electron chi connectivity index (χ0n) is 18.5. The summed E-state index contributed by atoms with van der Waals surface area (Å²) >= 11 is 2.79. The molecule has 0 N–H and O–H groups in total. The highest BCUT2D eigenvalue weighted by Gasteiger charge is 2.34. The molecule has 0 spiro atoms. The Balaban J connectivity index is 1.43. The van der Waals surface area contributed by atoms with Gasteiger partial charge in [-0.15, -0.1) is 17.9 Å². The fraction of sp³-hybridized carbons (Fsp3) is 0.154. The normalized spacial score (nSPS) is 13.0. The van der Waals surface area contributed by atoms with Crippen LogP contribution in [0.25, 0.3) is 21.3 Å². The number of thiophene rings is 1. The summed E-state index contributed by atoms with van der Waals surface area (Å²) < 4.78 is 1.60. The van der Waals surface area contributed by atoms with Gasteiger partial charge in [0, 0.05) is 29.8 Å². The van der Waals surface area contributed by atoms with E-state index < -0.39 is 0 Å². The van der Waals surface area contributed by atoms with Crippen LogP contribution in [-0.4, -0.2) is 38.6 Å². The molecule has 3 heterocycles. The molecule has 2 aromatic carbocycles. The van der Waals surface area contributed by atoms with Crippen molar-refractivity contribution in [2.45, 2.75) is 18.6 Å². The van der Waals surface area contributed by atoms with E-state index in [1.165, 1.54) is 28.0 Å². The molecule has 0 saturated carbocycles. The van der Waals surface area contributed by atoms with Gasteiger partial charge in [-0.05, 0) is 24.6 Å². The number of allylic oxidation sites excluding steroid dienone is 1. The molecule has 34 heavy (non-hydrogen) atoms. The highest BCUT2D eigenvalue weighted by atomic mass is 32.2. The molecule has 0 atom stereocenters. The van der Waals surface area contributed by atoms with Crippen LogP contribution in [0.15, 0.2) is 76.5 Å². The van der Waals surface area contributed by atoms with E-state index in [0.29, 0.717) is 38.8 Å². The smallest absolute Gasteiger partial charge is 0.263 e. The maximum absolute atomic E-state index is 13.5. The number of carbonyl (C=O) groups is 2. The van der Waals surface area contributed by atoms with Crippen molar-refractivity contribution in [3.63, 3.8) is 0 Å². The molecule has 5 rings (SSSR count). The summed E-state index contributed by atoms with van der Waals surface area (Å²) in [5.41, 5.74) is 3.75. The van der Waals surface area contributed by atoms with Crippen molar-refractivity contribution in [1.82, 2.24) is 14.5 Å². The summed E-state index contributed by atoms with van der Waals surface area (Å²) in [6, 6.07) is 14.9. The van der Waals surface area contributed by atoms with Gasteiger partial charge in [-0.25, -0.2) is 4.98 Å². The second-order valence-corrected chi connectivity index (χ2v) is 9.87. The Hall–Kier alpha value is -3.49. The number of carbonyl (C=O) groups excluding carboxylic acids is 2. The fourth-order valence-corrected chi connectivity index (χ4v) is 5.94. The Labute approximate surface area is 204 Å². The van der Waals surface area contributed by atoms with Gasteiger partial charge in [-0.3, -0.25) is 23.9 Å². The number of aryl methyl sites for hydroxylation is 1. The van der Waals surface area contributed by atoms with Gasteiger partial charge in [0.15, 0.2) is 5.16 Å². The number of imide groups is 1. The number of hydrogen-bond acceptors (Lipinski definition) is 6. The van der Waals surface area contributed by atoms with Crippen LogP contribution in [0.1, 0.15) is 26.3 Å². The summed E-state index contributed by atoms with van der Waals surface area (Å²) in [7, 11) is 0. The summed E-state index contributed by atoms with van der Waals surface area (Å²) in [4.78, 5) is 45.4. The molecule has 4 aromatic rings. The molecule has 2 amide bonds. The Morgan fingerprint density at radius 3 is 2.32 bits per heavy atom. The summed E-state index contributed by atoms with van der Waals surface area (Å²) in [5, 5.41) is 3.11. The van der Waals surface area contributed by atoms with Crippen molar-refractivity contribution in [2.75, 3.05) is 12.3 Å². The minimum Gasteiger partial charge on any atom is -0.283 e. The second kappa shape index (κ2) is 9.04. The van der Waals surface area contributed by atoms with Gasteiger partial charge < -0.3 is 0 Å². The van der Waals surface area contributed by atoms with E-state index >= 15 is 0 Å². The topological polar surface area (TPSA) is 72.3 Å².